The molecule has 12 heteroatoms. The number of hydrogen-bond donors (Lipinski definition) is 1. The number of carbonyl (C=O) groups is 2. The van der Waals surface area contributed by atoms with Gasteiger partial charge >= 0.3 is 12.1 Å². The first kappa shape index (κ1) is 16.8. The van der Waals surface area contributed by atoms with E-state index in [1.54, 1.807) is 30.7 Å². The number of sulfonamides is 1. The molecule has 0 unspecified atom stereocenters. The van der Waals surface area contributed by atoms with Gasteiger partial charge in [0.15, 0.2) is 0 Å². The lowest BCUT2D eigenvalue weighted by molar-refractivity contribution is 0.193. The molecule has 0 saturated carbocycles. The molecule has 132 valence electrons. The molecule has 4 amide bonds. The highest BCUT2D eigenvalue weighted by Crippen LogP contribution is 2.12. The van der Waals surface area contributed by atoms with Gasteiger partial charge < -0.3 is 5.32 Å². The second kappa shape index (κ2) is 6.47. The van der Waals surface area contributed by atoms with Crippen LogP contribution in [0, 0.1) is 0 Å². The lowest BCUT2D eigenvalue weighted by Crippen LogP contribution is -2.43. The number of pyridine rings is 1. The van der Waals surface area contributed by atoms with Crippen molar-refractivity contribution < 1.29 is 18.0 Å². The molecule has 0 atom stereocenters. The van der Waals surface area contributed by atoms with Crippen molar-refractivity contribution in [3.8, 4) is 5.69 Å². The number of hydrogen-bond acceptors (Lipinski definition) is 7. The van der Waals surface area contributed by atoms with Gasteiger partial charge in [-0.15, -0.1) is 5.10 Å². The largest absolute Gasteiger partial charge is 0.341 e. The second-order valence-corrected chi connectivity index (χ2v) is 7.19. The Morgan fingerprint density at radius 1 is 1.28 bits per heavy atom. The monoisotopic (exact) mass is 365 g/mol. The van der Waals surface area contributed by atoms with E-state index in [1.165, 1.54) is 4.68 Å². The number of nitrogens with one attached hydrogen (secondary N) is 1. The molecule has 0 radical (unpaired) electrons. The van der Waals surface area contributed by atoms with E-state index in [0.29, 0.717) is 10.00 Å². The van der Waals surface area contributed by atoms with Crippen molar-refractivity contribution in [1.82, 2.24) is 34.5 Å². The highest BCUT2D eigenvalue weighted by atomic mass is 32.2. The molecule has 2 aromatic heterocycles. The Morgan fingerprint density at radius 2 is 2.00 bits per heavy atom. The Hall–Kier alpha value is -3.02. The van der Waals surface area contributed by atoms with Gasteiger partial charge in [-0.3, -0.25) is 4.98 Å². The Bertz CT molecular complexity index is 896. The highest BCUT2D eigenvalue weighted by molar-refractivity contribution is 7.88. The smallest absolute Gasteiger partial charge is 0.332 e. The summed E-state index contributed by atoms with van der Waals surface area (Å²) < 4.78 is 25.1. The summed E-state index contributed by atoms with van der Waals surface area (Å²) in [4.78, 5) is 28.8. The van der Waals surface area contributed by atoms with Crippen molar-refractivity contribution in [3.05, 3.63) is 36.4 Å². The Labute approximate surface area is 143 Å². The summed E-state index contributed by atoms with van der Waals surface area (Å²) >= 11 is 0. The fourth-order valence-electron chi connectivity index (χ4n) is 2.28. The summed E-state index contributed by atoms with van der Waals surface area (Å²) in [6.45, 7) is -0.00265. The van der Waals surface area contributed by atoms with Gasteiger partial charge in [0.25, 0.3) is 0 Å². The predicted octanol–water partition coefficient (Wildman–Crippen LogP) is -0.431. The molecule has 1 aliphatic heterocycles. The molecule has 0 aromatic carbocycles. The highest BCUT2D eigenvalue weighted by Gasteiger charge is 2.38. The normalized spacial score (nSPS) is 14.8. The summed E-state index contributed by atoms with van der Waals surface area (Å²) in [6, 6.07) is 1.95. The topological polar surface area (TPSA) is 130 Å². The summed E-state index contributed by atoms with van der Waals surface area (Å²) in [7, 11) is -3.68. The van der Waals surface area contributed by atoms with E-state index < -0.39 is 22.1 Å². The van der Waals surface area contributed by atoms with E-state index in [9.17, 15) is 18.0 Å². The maximum absolute atomic E-state index is 12.1. The van der Waals surface area contributed by atoms with Gasteiger partial charge in [-0.25, -0.2) is 31.9 Å². The van der Waals surface area contributed by atoms with Crippen molar-refractivity contribution in [2.24, 2.45) is 0 Å². The molecule has 25 heavy (non-hydrogen) atoms. The SMILES string of the molecule is CS(=O)(=O)N1CCN(C(=O)NCc2cn(-c3ccncc3)nn2)C1=O. The maximum atomic E-state index is 12.1. The standard InChI is InChI=1S/C13H15N7O4S/c1-25(23,24)20-7-6-18(13(20)22)12(21)15-8-10-9-19(17-16-10)11-2-4-14-5-3-11/h2-5,9H,6-8H2,1H3,(H,15,21). The summed E-state index contributed by atoms with van der Waals surface area (Å²) in [5.74, 6) is 0. The van der Waals surface area contributed by atoms with Crippen molar-refractivity contribution in [2.45, 2.75) is 6.54 Å². The average molecular weight is 365 g/mol. The molecule has 11 nitrogen and oxygen atoms in total. The van der Waals surface area contributed by atoms with Crippen molar-refractivity contribution in [2.75, 3.05) is 19.3 Å². The molecule has 1 fully saturated rings. The van der Waals surface area contributed by atoms with Gasteiger partial charge in [0.05, 0.1) is 37.8 Å². The van der Waals surface area contributed by atoms with Crippen molar-refractivity contribution in [1.29, 1.82) is 0 Å². The van der Waals surface area contributed by atoms with Gasteiger partial charge in [0.2, 0.25) is 10.0 Å². The van der Waals surface area contributed by atoms with Crippen LogP contribution in [0.15, 0.2) is 30.7 Å². The number of imide groups is 1. The first-order valence-corrected chi connectivity index (χ1v) is 9.10. The van der Waals surface area contributed by atoms with Crippen LogP contribution in [-0.2, 0) is 16.6 Å². The van der Waals surface area contributed by atoms with Crippen LogP contribution >= 0.6 is 0 Å². The van der Waals surface area contributed by atoms with Crippen LogP contribution in [0.25, 0.3) is 5.69 Å². The fourth-order valence-corrected chi connectivity index (χ4v) is 3.07. The molecular weight excluding hydrogens is 350 g/mol. The maximum Gasteiger partial charge on any atom is 0.341 e. The molecule has 1 saturated heterocycles. The Morgan fingerprint density at radius 3 is 2.64 bits per heavy atom. The van der Waals surface area contributed by atoms with Crippen LogP contribution in [0.2, 0.25) is 0 Å². The first-order valence-electron chi connectivity index (χ1n) is 7.25. The van der Waals surface area contributed by atoms with Crippen molar-refractivity contribution in [3.63, 3.8) is 0 Å². The third kappa shape index (κ3) is 3.57. The number of nitrogens with zero attached hydrogens (tertiary/aromatic N) is 6. The minimum atomic E-state index is -3.68. The number of urea groups is 2. The van der Waals surface area contributed by atoms with Gasteiger partial charge in [-0.2, -0.15) is 0 Å². The van der Waals surface area contributed by atoms with Crippen LogP contribution in [-0.4, -0.2) is 69.0 Å². The Kier molecular flexibility index (Phi) is 4.35. The van der Waals surface area contributed by atoms with Crippen LogP contribution < -0.4 is 5.32 Å². The number of amides is 4. The van der Waals surface area contributed by atoms with Crippen LogP contribution in [0.3, 0.4) is 0 Å². The van der Waals surface area contributed by atoms with E-state index in [-0.39, 0.29) is 19.6 Å². The molecule has 1 N–H and O–H groups in total. The molecule has 0 bridgehead atoms. The minimum Gasteiger partial charge on any atom is -0.332 e. The number of aromatic nitrogens is 4. The van der Waals surface area contributed by atoms with E-state index in [2.05, 4.69) is 20.6 Å². The zero-order valence-corrected chi connectivity index (χ0v) is 14.0. The summed E-state index contributed by atoms with van der Waals surface area (Å²) in [5.41, 5.74) is 1.25. The van der Waals surface area contributed by atoms with E-state index in [4.69, 9.17) is 0 Å². The van der Waals surface area contributed by atoms with Crippen LogP contribution in [0.5, 0.6) is 0 Å². The average Bonchev–Trinajstić information content (AvgIpc) is 3.19. The first-order chi connectivity index (χ1) is 11.9. The summed E-state index contributed by atoms with van der Waals surface area (Å²) in [6.07, 6.45) is 5.78. The van der Waals surface area contributed by atoms with E-state index >= 15 is 0 Å². The lowest BCUT2D eigenvalue weighted by Gasteiger charge is -2.15. The molecule has 1 aliphatic rings. The second-order valence-electron chi connectivity index (χ2n) is 5.29. The summed E-state index contributed by atoms with van der Waals surface area (Å²) in [5, 5.41) is 10.4. The zero-order chi connectivity index (χ0) is 18.0. The number of rotatable bonds is 4. The van der Waals surface area contributed by atoms with Gasteiger partial charge in [-0.05, 0) is 12.1 Å². The minimum absolute atomic E-state index is 0.00143. The van der Waals surface area contributed by atoms with E-state index in [0.717, 1.165) is 16.8 Å². The molecular formula is C13H15N7O4S. The van der Waals surface area contributed by atoms with Crippen LogP contribution in [0.4, 0.5) is 9.59 Å². The van der Waals surface area contributed by atoms with Gasteiger partial charge in [-0.1, -0.05) is 5.21 Å². The Balaban J connectivity index is 1.60. The fraction of sp³-hybridized carbons (Fsp3) is 0.308. The van der Waals surface area contributed by atoms with Gasteiger partial charge in [0, 0.05) is 12.4 Å². The quantitative estimate of drug-likeness (QED) is 0.778. The molecule has 3 rings (SSSR count). The third-order valence-corrected chi connectivity index (χ3v) is 4.64. The van der Waals surface area contributed by atoms with Gasteiger partial charge in [0.1, 0.15) is 5.69 Å². The van der Waals surface area contributed by atoms with Crippen LogP contribution in [0.1, 0.15) is 5.69 Å². The lowest BCUT2D eigenvalue weighted by atomic mass is 10.4. The molecule has 0 spiro atoms. The molecule has 2 aromatic rings. The zero-order valence-electron chi connectivity index (χ0n) is 13.2. The third-order valence-electron chi connectivity index (χ3n) is 3.51. The van der Waals surface area contributed by atoms with Crippen molar-refractivity contribution >= 4 is 22.1 Å². The molecule has 3 heterocycles. The van der Waals surface area contributed by atoms with E-state index in [1.807, 2.05) is 0 Å². The number of carbonyl (C=O) groups excluding carboxylic acids is 2. The predicted molar refractivity (Wildman–Crippen MR) is 85.0 cm³/mol. The molecule has 0 aliphatic carbocycles.